The molecule has 0 aliphatic carbocycles. The molecular formula is C16H23NO. The van der Waals surface area contributed by atoms with Crippen molar-refractivity contribution in [3.8, 4) is 0 Å². The van der Waals surface area contributed by atoms with Crippen molar-refractivity contribution in [2.24, 2.45) is 11.8 Å². The van der Waals surface area contributed by atoms with Crippen molar-refractivity contribution in [3.63, 3.8) is 0 Å². The molecule has 2 nitrogen and oxygen atoms in total. The number of fused-ring (bicyclic) bond motifs is 1. The fraction of sp³-hybridized carbons (Fsp3) is 0.562. The van der Waals surface area contributed by atoms with Crippen LogP contribution in [-0.2, 0) is 11.2 Å². The second kappa shape index (κ2) is 5.55. The van der Waals surface area contributed by atoms with Crippen molar-refractivity contribution in [3.05, 3.63) is 29.8 Å². The number of carbonyl (C=O) groups is 1. The summed E-state index contributed by atoms with van der Waals surface area (Å²) in [6.45, 7) is 7.28. The van der Waals surface area contributed by atoms with Crippen molar-refractivity contribution in [1.82, 2.24) is 0 Å². The highest BCUT2D eigenvalue weighted by molar-refractivity contribution is 5.96. The molecule has 1 heterocycles. The molecule has 0 saturated heterocycles. The normalized spacial score (nSPS) is 19.9. The lowest BCUT2D eigenvalue weighted by molar-refractivity contribution is -0.122. The van der Waals surface area contributed by atoms with Gasteiger partial charge in [-0.1, -0.05) is 39.0 Å². The fourth-order valence-corrected chi connectivity index (χ4v) is 2.71. The zero-order valence-corrected chi connectivity index (χ0v) is 11.6. The minimum atomic E-state index is 0.191. The molecule has 1 aromatic carbocycles. The van der Waals surface area contributed by atoms with E-state index in [4.69, 9.17) is 0 Å². The van der Waals surface area contributed by atoms with Crippen LogP contribution >= 0.6 is 0 Å². The molecule has 2 heteroatoms. The smallest absolute Gasteiger partial charge is 0.230 e. The lowest BCUT2D eigenvalue weighted by Crippen LogP contribution is -2.37. The van der Waals surface area contributed by atoms with E-state index in [1.54, 1.807) is 0 Å². The molecule has 0 saturated carbocycles. The van der Waals surface area contributed by atoms with E-state index in [1.165, 1.54) is 5.56 Å². The lowest BCUT2D eigenvalue weighted by Gasteiger charge is -2.27. The van der Waals surface area contributed by atoms with Gasteiger partial charge < -0.3 is 4.90 Å². The molecule has 0 fully saturated rings. The van der Waals surface area contributed by atoms with Gasteiger partial charge in [-0.2, -0.15) is 0 Å². The number of amides is 1. The van der Waals surface area contributed by atoms with Crippen LogP contribution in [0.3, 0.4) is 0 Å². The molecule has 1 amide bonds. The van der Waals surface area contributed by atoms with Gasteiger partial charge >= 0.3 is 0 Å². The van der Waals surface area contributed by atoms with Crippen LogP contribution in [0.5, 0.6) is 0 Å². The first-order valence-electron chi connectivity index (χ1n) is 7.02. The number of rotatable bonds is 3. The Hall–Kier alpha value is -1.31. The predicted octanol–water partition coefficient (Wildman–Crippen LogP) is 3.65. The van der Waals surface area contributed by atoms with Crippen LogP contribution in [0.4, 0.5) is 5.69 Å². The molecule has 1 unspecified atom stereocenters. The highest BCUT2D eigenvalue weighted by atomic mass is 16.2. The van der Waals surface area contributed by atoms with Crippen LogP contribution in [-0.4, -0.2) is 12.5 Å². The Labute approximate surface area is 110 Å². The third-order valence-electron chi connectivity index (χ3n) is 3.70. The summed E-state index contributed by atoms with van der Waals surface area (Å²) < 4.78 is 0. The summed E-state index contributed by atoms with van der Waals surface area (Å²) >= 11 is 0. The van der Waals surface area contributed by atoms with E-state index >= 15 is 0 Å². The first kappa shape index (κ1) is 13.1. The zero-order chi connectivity index (χ0) is 13.1. The quantitative estimate of drug-likeness (QED) is 0.796. The Bertz CT molecular complexity index is 425. The first-order chi connectivity index (χ1) is 8.63. The predicted molar refractivity (Wildman–Crippen MR) is 75.7 cm³/mol. The molecule has 1 aliphatic heterocycles. The average Bonchev–Trinajstić information content (AvgIpc) is 2.48. The second-order valence-corrected chi connectivity index (χ2v) is 5.62. The van der Waals surface area contributed by atoms with Crippen molar-refractivity contribution >= 4 is 11.6 Å². The molecule has 98 valence electrons. The van der Waals surface area contributed by atoms with Gasteiger partial charge in [0.1, 0.15) is 0 Å². The van der Waals surface area contributed by atoms with Crippen LogP contribution in [0, 0.1) is 11.8 Å². The molecule has 1 aliphatic rings. The molecule has 1 atom stereocenters. The Morgan fingerprint density at radius 3 is 2.72 bits per heavy atom. The Morgan fingerprint density at radius 1 is 1.33 bits per heavy atom. The van der Waals surface area contributed by atoms with Crippen LogP contribution in [0.2, 0.25) is 0 Å². The maximum atomic E-state index is 12.6. The number of nitrogens with zero attached hydrogens (tertiary/aromatic N) is 1. The minimum Gasteiger partial charge on any atom is -0.312 e. The SMILES string of the molecule is CCC1CCc2ccccc2N(CC(C)C)C1=O. The third-order valence-corrected chi connectivity index (χ3v) is 3.70. The molecule has 0 N–H and O–H groups in total. The minimum absolute atomic E-state index is 0.191. The van der Waals surface area contributed by atoms with E-state index in [1.807, 2.05) is 11.0 Å². The van der Waals surface area contributed by atoms with E-state index in [0.29, 0.717) is 11.8 Å². The van der Waals surface area contributed by atoms with Crippen LogP contribution in [0.1, 0.15) is 39.2 Å². The van der Waals surface area contributed by atoms with Crippen molar-refractivity contribution < 1.29 is 4.79 Å². The summed E-state index contributed by atoms with van der Waals surface area (Å²) in [6, 6.07) is 8.36. The summed E-state index contributed by atoms with van der Waals surface area (Å²) in [5, 5.41) is 0. The monoisotopic (exact) mass is 245 g/mol. The topological polar surface area (TPSA) is 20.3 Å². The molecule has 0 radical (unpaired) electrons. The van der Waals surface area contributed by atoms with Gasteiger partial charge in [0.25, 0.3) is 0 Å². The molecule has 0 bridgehead atoms. The van der Waals surface area contributed by atoms with E-state index in [9.17, 15) is 4.79 Å². The standard InChI is InChI=1S/C16H23NO/c1-4-13-9-10-14-7-5-6-8-15(14)17(16(13)18)11-12(2)3/h5-8,12-13H,4,9-11H2,1-3H3. The van der Waals surface area contributed by atoms with Crippen LogP contribution in [0.25, 0.3) is 0 Å². The summed E-state index contributed by atoms with van der Waals surface area (Å²) in [5.74, 6) is 1.00. The van der Waals surface area contributed by atoms with Gasteiger partial charge in [-0.25, -0.2) is 0 Å². The van der Waals surface area contributed by atoms with Gasteiger partial charge in [0.2, 0.25) is 5.91 Å². The Kier molecular flexibility index (Phi) is 4.05. The third kappa shape index (κ3) is 2.58. The maximum Gasteiger partial charge on any atom is 0.230 e. The van der Waals surface area contributed by atoms with Gasteiger partial charge in [0, 0.05) is 18.2 Å². The van der Waals surface area contributed by atoms with Gasteiger partial charge in [-0.3, -0.25) is 4.79 Å². The van der Waals surface area contributed by atoms with Crippen molar-refractivity contribution in [2.75, 3.05) is 11.4 Å². The number of benzene rings is 1. The summed E-state index contributed by atoms with van der Waals surface area (Å²) in [6.07, 6.45) is 2.96. The van der Waals surface area contributed by atoms with Crippen molar-refractivity contribution in [2.45, 2.75) is 40.0 Å². The lowest BCUT2D eigenvalue weighted by atomic mass is 9.98. The molecule has 1 aromatic rings. The second-order valence-electron chi connectivity index (χ2n) is 5.62. The summed E-state index contributed by atoms with van der Waals surface area (Å²) in [4.78, 5) is 14.6. The van der Waals surface area contributed by atoms with Gasteiger partial charge in [0.05, 0.1) is 0 Å². The number of para-hydroxylation sites is 1. The summed E-state index contributed by atoms with van der Waals surface area (Å²) in [5.41, 5.74) is 2.45. The molecule has 2 rings (SSSR count). The van der Waals surface area contributed by atoms with E-state index < -0.39 is 0 Å². The Balaban J connectivity index is 2.38. The first-order valence-corrected chi connectivity index (χ1v) is 7.02. The van der Waals surface area contributed by atoms with Crippen molar-refractivity contribution in [1.29, 1.82) is 0 Å². The van der Waals surface area contributed by atoms with Gasteiger partial charge in [0.15, 0.2) is 0 Å². The highest BCUT2D eigenvalue weighted by Gasteiger charge is 2.29. The number of hydrogen-bond acceptors (Lipinski definition) is 1. The molecular weight excluding hydrogens is 222 g/mol. The van der Waals surface area contributed by atoms with E-state index in [-0.39, 0.29) is 5.92 Å². The average molecular weight is 245 g/mol. The van der Waals surface area contributed by atoms with Crippen LogP contribution in [0.15, 0.2) is 24.3 Å². The highest BCUT2D eigenvalue weighted by Crippen LogP contribution is 2.30. The van der Waals surface area contributed by atoms with Gasteiger partial charge in [-0.15, -0.1) is 0 Å². The summed E-state index contributed by atoms with van der Waals surface area (Å²) in [7, 11) is 0. The van der Waals surface area contributed by atoms with E-state index in [0.717, 1.165) is 31.5 Å². The zero-order valence-electron chi connectivity index (χ0n) is 11.6. The Morgan fingerprint density at radius 2 is 2.06 bits per heavy atom. The number of hydrogen-bond donors (Lipinski definition) is 0. The van der Waals surface area contributed by atoms with Crippen LogP contribution < -0.4 is 4.90 Å². The molecule has 0 spiro atoms. The fourth-order valence-electron chi connectivity index (χ4n) is 2.71. The molecule has 18 heavy (non-hydrogen) atoms. The van der Waals surface area contributed by atoms with E-state index in [2.05, 4.69) is 39.0 Å². The molecule has 0 aromatic heterocycles. The maximum absolute atomic E-state index is 12.6. The number of carbonyl (C=O) groups excluding carboxylic acids is 1. The largest absolute Gasteiger partial charge is 0.312 e. The van der Waals surface area contributed by atoms with Gasteiger partial charge in [-0.05, 0) is 36.8 Å². The number of anilines is 1. The number of aryl methyl sites for hydroxylation is 1.